The third kappa shape index (κ3) is 3.44. The molecule has 1 aromatic heterocycles. The van der Waals surface area contributed by atoms with E-state index in [-0.39, 0.29) is 24.4 Å². The van der Waals surface area contributed by atoms with Gasteiger partial charge in [0.05, 0.1) is 0 Å². The van der Waals surface area contributed by atoms with Gasteiger partial charge in [0.15, 0.2) is 5.69 Å². The van der Waals surface area contributed by atoms with Crippen LogP contribution in [0.25, 0.3) is 11.5 Å². The summed E-state index contributed by atoms with van der Waals surface area (Å²) in [4.78, 5) is 19.3. The molecule has 4 rings (SSSR count). The summed E-state index contributed by atoms with van der Waals surface area (Å²) >= 11 is 0. The second-order valence-corrected chi connectivity index (χ2v) is 6.97. The van der Waals surface area contributed by atoms with Crippen molar-refractivity contribution in [3.8, 4) is 11.5 Å². The second kappa shape index (κ2) is 7.18. The summed E-state index contributed by atoms with van der Waals surface area (Å²) in [6.07, 6.45) is 4.51. The van der Waals surface area contributed by atoms with Crippen LogP contribution < -0.4 is 5.32 Å². The molecular weight excluding hydrogens is 338 g/mol. The fourth-order valence-electron chi connectivity index (χ4n) is 3.98. The molecule has 134 valence electrons. The van der Waals surface area contributed by atoms with Crippen molar-refractivity contribution in [2.45, 2.75) is 50.7 Å². The highest BCUT2D eigenvalue weighted by Crippen LogP contribution is 2.30. The number of hydrogen-bond donors (Lipinski definition) is 1. The molecule has 2 aliphatic heterocycles. The normalized spacial score (nSPS) is 24.6. The number of fused-ring (bicyclic) bond motifs is 2. The van der Waals surface area contributed by atoms with E-state index >= 15 is 0 Å². The Morgan fingerprint density at radius 3 is 2.48 bits per heavy atom. The minimum absolute atomic E-state index is 0. The van der Waals surface area contributed by atoms with Gasteiger partial charge in [-0.3, -0.25) is 4.79 Å². The molecule has 5 nitrogen and oxygen atoms in total. The second-order valence-electron chi connectivity index (χ2n) is 6.97. The third-order valence-corrected chi connectivity index (χ3v) is 5.34. The van der Waals surface area contributed by atoms with Crippen LogP contribution >= 0.6 is 12.4 Å². The van der Waals surface area contributed by atoms with E-state index in [1.165, 1.54) is 12.8 Å². The molecule has 3 heterocycles. The number of benzene rings is 1. The number of amides is 1. The molecule has 0 aliphatic carbocycles. The predicted molar refractivity (Wildman–Crippen MR) is 99.0 cm³/mol. The van der Waals surface area contributed by atoms with Crippen molar-refractivity contribution in [1.82, 2.24) is 15.2 Å². The maximum atomic E-state index is 12.9. The van der Waals surface area contributed by atoms with Crippen molar-refractivity contribution >= 4 is 18.3 Å². The van der Waals surface area contributed by atoms with E-state index in [9.17, 15) is 4.79 Å². The van der Waals surface area contributed by atoms with Crippen LogP contribution in [-0.2, 0) is 0 Å². The van der Waals surface area contributed by atoms with Crippen LogP contribution in [0.4, 0.5) is 0 Å². The number of aromatic nitrogens is 1. The number of nitrogens with zero attached hydrogens (tertiary/aromatic N) is 2. The maximum absolute atomic E-state index is 12.9. The van der Waals surface area contributed by atoms with Crippen LogP contribution in [-0.4, -0.2) is 41.0 Å². The number of nitrogens with one attached hydrogen (secondary N) is 1. The van der Waals surface area contributed by atoms with Crippen molar-refractivity contribution < 1.29 is 9.21 Å². The van der Waals surface area contributed by atoms with Gasteiger partial charge in [-0.1, -0.05) is 18.2 Å². The summed E-state index contributed by atoms with van der Waals surface area (Å²) in [5.41, 5.74) is 1.32. The number of hydrogen-bond acceptors (Lipinski definition) is 4. The number of aryl methyl sites for hydroxylation is 1. The highest BCUT2D eigenvalue weighted by molar-refractivity contribution is 5.93. The summed E-state index contributed by atoms with van der Waals surface area (Å²) in [6, 6.07) is 11.1. The zero-order valence-corrected chi connectivity index (χ0v) is 15.4. The SMILES string of the molecule is Cc1oc(-c2ccccc2)nc1C(=O)N(C)C1CC2CCC(C1)N2.Cl. The van der Waals surface area contributed by atoms with E-state index in [4.69, 9.17) is 4.42 Å². The Balaban J connectivity index is 0.00000182. The van der Waals surface area contributed by atoms with E-state index in [0.29, 0.717) is 29.4 Å². The standard InChI is InChI=1S/C19H23N3O2.ClH/c1-12-17(21-18(24-12)13-6-4-3-5-7-13)19(23)22(2)16-10-14-8-9-15(11-16)20-14;/h3-7,14-16,20H,8-11H2,1-2H3;1H. The van der Waals surface area contributed by atoms with Crippen molar-refractivity contribution in [2.75, 3.05) is 7.05 Å². The molecule has 6 heteroatoms. The van der Waals surface area contributed by atoms with E-state index < -0.39 is 0 Å². The Kier molecular flexibility index (Phi) is 5.16. The number of rotatable bonds is 3. The van der Waals surface area contributed by atoms with Gasteiger partial charge >= 0.3 is 0 Å². The monoisotopic (exact) mass is 361 g/mol. The molecule has 0 radical (unpaired) electrons. The van der Waals surface area contributed by atoms with Crippen molar-refractivity contribution in [3.63, 3.8) is 0 Å². The molecule has 0 saturated carbocycles. The molecule has 2 bridgehead atoms. The summed E-state index contributed by atoms with van der Waals surface area (Å²) in [5.74, 6) is 1.06. The van der Waals surface area contributed by atoms with Gasteiger partial charge in [-0.25, -0.2) is 4.98 Å². The van der Waals surface area contributed by atoms with Crippen LogP contribution in [0, 0.1) is 6.92 Å². The first-order valence-electron chi connectivity index (χ1n) is 8.68. The first-order valence-corrected chi connectivity index (χ1v) is 8.68. The minimum atomic E-state index is -0.0373. The van der Waals surface area contributed by atoms with E-state index in [1.807, 2.05) is 49.2 Å². The molecular formula is C19H24ClN3O2. The molecule has 2 atom stereocenters. The highest BCUT2D eigenvalue weighted by Gasteiger charge is 2.37. The summed E-state index contributed by atoms with van der Waals surface area (Å²) in [5, 5.41) is 3.62. The third-order valence-electron chi connectivity index (χ3n) is 5.34. The Morgan fingerprint density at radius 1 is 1.20 bits per heavy atom. The smallest absolute Gasteiger partial charge is 0.276 e. The zero-order valence-electron chi connectivity index (χ0n) is 14.6. The first kappa shape index (κ1) is 18.0. The lowest BCUT2D eigenvalue weighted by Gasteiger charge is -2.35. The summed E-state index contributed by atoms with van der Waals surface area (Å²) < 4.78 is 5.74. The molecule has 2 unspecified atom stereocenters. The van der Waals surface area contributed by atoms with Crippen LogP contribution in [0.2, 0.25) is 0 Å². The first-order chi connectivity index (χ1) is 11.6. The van der Waals surface area contributed by atoms with Gasteiger partial charge in [0, 0.05) is 30.7 Å². The summed E-state index contributed by atoms with van der Waals surface area (Å²) in [6.45, 7) is 1.81. The highest BCUT2D eigenvalue weighted by atomic mass is 35.5. The van der Waals surface area contributed by atoms with Gasteiger partial charge in [-0.15, -0.1) is 12.4 Å². The lowest BCUT2D eigenvalue weighted by atomic mass is 9.98. The van der Waals surface area contributed by atoms with Gasteiger partial charge in [-0.05, 0) is 44.7 Å². The molecule has 2 aliphatic rings. The maximum Gasteiger partial charge on any atom is 0.276 e. The Labute approximate surface area is 154 Å². The molecule has 25 heavy (non-hydrogen) atoms. The molecule has 1 N–H and O–H groups in total. The molecule has 2 saturated heterocycles. The number of oxazole rings is 1. The van der Waals surface area contributed by atoms with Crippen molar-refractivity contribution in [2.24, 2.45) is 0 Å². The number of carbonyl (C=O) groups is 1. The molecule has 0 spiro atoms. The number of carbonyl (C=O) groups excluding carboxylic acids is 1. The minimum Gasteiger partial charge on any atom is -0.441 e. The molecule has 1 aromatic carbocycles. The lowest BCUT2D eigenvalue weighted by molar-refractivity contribution is 0.0674. The zero-order chi connectivity index (χ0) is 16.7. The summed E-state index contributed by atoms with van der Waals surface area (Å²) in [7, 11) is 1.90. The average Bonchev–Trinajstić information content (AvgIpc) is 3.16. The van der Waals surface area contributed by atoms with E-state index in [0.717, 1.165) is 18.4 Å². The molecule has 2 fully saturated rings. The Morgan fingerprint density at radius 2 is 1.84 bits per heavy atom. The van der Waals surface area contributed by atoms with Gasteiger partial charge in [0.25, 0.3) is 5.91 Å². The predicted octanol–water partition coefficient (Wildman–Crippen LogP) is 3.43. The van der Waals surface area contributed by atoms with Gasteiger partial charge in [-0.2, -0.15) is 0 Å². The Hall–Kier alpha value is -1.85. The van der Waals surface area contributed by atoms with E-state index in [2.05, 4.69) is 10.3 Å². The van der Waals surface area contributed by atoms with Crippen molar-refractivity contribution in [3.05, 3.63) is 41.8 Å². The Bertz CT molecular complexity index is 734. The quantitative estimate of drug-likeness (QED) is 0.909. The van der Waals surface area contributed by atoms with E-state index in [1.54, 1.807) is 0 Å². The number of halogens is 1. The fraction of sp³-hybridized carbons (Fsp3) is 0.474. The van der Waals surface area contributed by atoms with Gasteiger partial charge < -0.3 is 14.6 Å². The average molecular weight is 362 g/mol. The van der Waals surface area contributed by atoms with Crippen molar-refractivity contribution in [1.29, 1.82) is 0 Å². The number of piperidine rings is 1. The fourth-order valence-corrected chi connectivity index (χ4v) is 3.98. The van der Waals surface area contributed by atoms with Gasteiger partial charge in [0.2, 0.25) is 5.89 Å². The van der Waals surface area contributed by atoms with Crippen LogP contribution in [0.1, 0.15) is 41.9 Å². The van der Waals surface area contributed by atoms with Gasteiger partial charge in [0.1, 0.15) is 5.76 Å². The lowest BCUT2D eigenvalue weighted by Crippen LogP contribution is -2.48. The largest absolute Gasteiger partial charge is 0.441 e. The molecule has 2 aromatic rings. The molecule has 1 amide bonds. The van der Waals surface area contributed by atoms with Crippen LogP contribution in [0.5, 0.6) is 0 Å². The van der Waals surface area contributed by atoms with Crippen LogP contribution in [0.3, 0.4) is 0 Å². The van der Waals surface area contributed by atoms with Crippen LogP contribution in [0.15, 0.2) is 34.7 Å². The topological polar surface area (TPSA) is 58.4 Å².